The quantitative estimate of drug-likeness (QED) is 0.575. The number of thiophene rings is 1. The fraction of sp³-hybridized carbons (Fsp3) is 0.750. The zero-order chi connectivity index (χ0) is 18.6. The minimum absolute atomic E-state index is 0.319. The maximum atomic E-state index is 5.99. The Morgan fingerprint density at radius 2 is 2.19 bits per heavy atom. The molecule has 3 aliphatic rings. The second-order valence-corrected chi connectivity index (χ2v) is 9.01. The van der Waals surface area contributed by atoms with Crippen LogP contribution in [0.25, 0.3) is 0 Å². The molecule has 150 valence electrons. The summed E-state index contributed by atoms with van der Waals surface area (Å²) in [5.74, 6) is 0.921. The lowest BCUT2D eigenvalue weighted by Gasteiger charge is -2.33. The Bertz CT molecular complexity index is 644. The van der Waals surface area contributed by atoms with Gasteiger partial charge in [-0.15, -0.1) is 11.3 Å². The Morgan fingerprint density at radius 3 is 2.81 bits per heavy atom. The van der Waals surface area contributed by atoms with Crippen molar-refractivity contribution in [1.29, 1.82) is 0 Å². The summed E-state index contributed by atoms with van der Waals surface area (Å²) >= 11 is 1.88. The molecule has 1 aromatic heterocycles. The highest BCUT2D eigenvalue weighted by Crippen LogP contribution is 2.34. The van der Waals surface area contributed by atoms with E-state index in [1.807, 2.05) is 11.3 Å². The van der Waals surface area contributed by atoms with Crippen LogP contribution in [-0.2, 0) is 9.47 Å². The van der Waals surface area contributed by atoms with Gasteiger partial charge in [-0.2, -0.15) is 0 Å². The lowest BCUT2D eigenvalue weighted by Crippen LogP contribution is -2.48. The summed E-state index contributed by atoms with van der Waals surface area (Å²) in [5.41, 5.74) is 0. The first-order valence-electron chi connectivity index (χ1n) is 10.3. The Morgan fingerprint density at radius 1 is 1.33 bits per heavy atom. The molecule has 0 amide bonds. The van der Waals surface area contributed by atoms with E-state index in [-0.39, 0.29) is 0 Å². The summed E-state index contributed by atoms with van der Waals surface area (Å²) in [6, 6.07) is 5.19. The SMILES string of the molecule is CCNC(=NCC(c1ccc(C)s1)N1CCOCC1)NC1CC2CCC1O2. The Balaban J connectivity index is 1.45. The van der Waals surface area contributed by atoms with Gasteiger partial charge < -0.3 is 20.1 Å². The highest BCUT2D eigenvalue weighted by molar-refractivity contribution is 7.12. The number of morpholine rings is 1. The Labute approximate surface area is 166 Å². The monoisotopic (exact) mass is 392 g/mol. The highest BCUT2D eigenvalue weighted by atomic mass is 32.1. The molecule has 27 heavy (non-hydrogen) atoms. The van der Waals surface area contributed by atoms with Gasteiger partial charge in [-0.3, -0.25) is 9.89 Å². The van der Waals surface area contributed by atoms with Crippen molar-refractivity contribution < 1.29 is 9.47 Å². The van der Waals surface area contributed by atoms with Gasteiger partial charge >= 0.3 is 0 Å². The third-order valence-electron chi connectivity index (χ3n) is 5.77. The van der Waals surface area contributed by atoms with E-state index in [1.54, 1.807) is 0 Å². The molecule has 4 rings (SSSR count). The van der Waals surface area contributed by atoms with Gasteiger partial charge in [-0.25, -0.2) is 0 Å². The van der Waals surface area contributed by atoms with Gasteiger partial charge in [-0.1, -0.05) is 0 Å². The first-order valence-corrected chi connectivity index (χ1v) is 11.1. The van der Waals surface area contributed by atoms with E-state index in [0.717, 1.165) is 51.8 Å². The average Bonchev–Trinajstić information content (AvgIpc) is 3.40. The molecule has 4 atom stereocenters. The van der Waals surface area contributed by atoms with Crippen LogP contribution in [0.4, 0.5) is 0 Å². The Hall–Kier alpha value is -1.15. The fourth-order valence-corrected chi connectivity index (χ4v) is 5.37. The summed E-state index contributed by atoms with van der Waals surface area (Å²) in [5, 5.41) is 7.06. The van der Waals surface area contributed by atoms with Gasteiger partial charge in [0, 0.05) is 29.4 Å². The maximum Gasteiger partial charge on any atom is 0.191 e. The number of fused-ring (bicyclic) bond motifs is 2. The standard InChI is InChI=1S/C20H32N4O2S/c1-3-21-20(23-16-12-15-5-6-18(16)26-15)22-13-17(19-7-4-14(2)27-19)24-8-10-25-11-9-24/h4,7,15-18H,3,5-6,8-13H2,1-2H3,(H2,21,22,23). The summed E-state index contributed by atoms with van der Waals surface area (Å²) < 4.78 is 11.6. The van der Waals surface area contributed by atoms with Crippen LogP contribution in [0.5, 0.6) is 0 Å². The second kappa shape index (κ2) is 8.90. The number of aryl methyl sites for hydroxylation is 1. The van der Waals surface area contributed by atoms with Crippen molar-refractivity contribution in [2.45, 2.75) is 57.4 Å². The molecule has 0 saturated carbocycles. The number of nitrogens with zero attached hydrogens (tertiary/aromatic N) is 2. The molecule has 3 saturated heterocycles. The molecule has 0 aliphatic carbocycles. The third kappa shape index (κ3) is 4.65. The minimum Gasteiger partial charge on any atom is -0.379 e. The van der Waals surface area contributed by atoms with E-state index in [1.165, 1.54) is 22.6 Å². The van der Waals surface area contributed by atoms with Crippen LogP contribution in [0.2, 0.25) is 0 Å². The van der Waals surface area contributed by atoms with Gasteiger partial charge in [0.15, 0.2) is 5.96 Å². The molecule has 3 aliphatic heterocycles. The van der Waals surface area contributed by atoms with Gasteiger partial charge in [0.1, 0.15) is 0 Å². The van der Waals surface area contributed by atoms with Crippen LogP contribution >= 0.6 is 11.3 Å². The van der Waals surface area contributed by atoms with Crippen molar-refractivity contribution >= 4 is 17.3 Å². The fourth-order valence-electron chi connectivity index (χ4n) is 4.37. The van der Waals surface area contributed by atoms with Crippen LogP contribution in [0.3, 0.4) is 0 Å². The van der Waals surface area contributed by atoms with Crippen molar-refractivity contribution in [1.82, 2.24) is 15.5 Å². The molecule has 7 heteroatoms. The Kier molecular flexibility index (Phi) is 6.32. The number of ether oxygens (including phenoxy) is 2. The molecule has 6 nitrogen and oxygen atoms in total. The lowest BCUT2D eigenvalue weighted by atomic mass is 9.96. The smallest absolute Gasteiger partial charge is 0.191 e. The number of rotatable bonds is 6. The summed E-state index contributed by atoms with van der Waals surface area (Å²) in [6.45, 7) is 9.50. The normalized spacial score (nSPS) is 29.9. The van der Waals surface area contributed by atoms with Gasteiger partial charge in [0.25, 0.3) is 0 Å². The predicted molar refractivity (Wildman–Crippen MR) is 110 cm³/mol. The molecule has 2 N–H and O–H groups in total. The highest BCUT2D eigenvalue weighted by Gasteiger charge is 2.41. The predicted octanol–water partition coefficient (Wildman–Crippen LogP) is 2.30. The van der Waals surface area contributed by atoms with Crippen molar-refractivity contribution in [2.24, 2.45) is 4.99 Å². The molecule has 2 bridgehead atoms. The number of nitrogens with one attached hydrogen (secondary N) is 2. The van der Waals surface area contributed by atoms with Gasteiger partial charge in [-0.05, 0) is 45.2 Å². The molecular weight excluding hydrogens is 360 g/mol. The molecule has 4 heterocycles. The van der Waals surface area contributed by atoms with E-state index >= 15 is 0 Å². The second-order valence-electron chi connectivity index (χ2n) is 7.69. The first-order chi connectivity index (χ1) is 13.2. The van der Waals surface area contributed by atoms with Crippen LogP contribution in [-0.4, -0.2) is 68.5 Å². The summed E-state index contributed by atoms with van der Waals surface area (Å²) in [7, 11) is 0. The number of hydrogen-bond acceptors (Lipinski definition) is 5. The number of hydrogen-bond donors (Lipinski definition) is 2. The van der Waals surface area contributed by atoms with Gasteiger partial charge in [0.05, 0.1) is 44.1 Å². The summed E-state index contributed by atoms with van der Waals surface area (Å²) in [4.78, 5) is 10.3. The molecule has 3 fully saturated rings. The lowest BCUT2D eigenvalue weighted by molar-refractivity contribution is 0.0186. The van der Waals surface area contributed by atoms with E-state index in [4.69, 9.17) is 14.5 Å². The molecule has 0 aromatic carbocycles. The van der Waals surface area contributed by atoms with Crippen molar-refractivity contribution in [3.05, 3.63) is 21.9 Å². The maximum absolute atomic E-state index is 5.99. The van der Waals surface area contributed by atoms with Crippen LogP contribution in [0.15, 0.2) is 17.1 Å². The molecule has 0 spiro atoms. The topological polar surface area (TPSA) is 58.1 Å². The third-order valence-corrected chi connectivity index (χ3v) is 6.87. The largest absolute Gasteiger partial charge is 0.379 e. The van der Waals surface area contributed by atoms with Crippen LogP contribution in [0, 0.1) is 6.92 Å². The van der Waals surface area contributed by atoms with E-state index in [0.29, 0.717) is 24.3 Å². The zero-order valence-corrected chi connectivity index (χ0v) is 17.3. The summed E-state index contributed by atoms with van der Waals surface area (Å²) in [6.07, 6.45) is 4.30. The minimum atomic E-state index is 0.319. The van der Waals surface area contributed by atoms with E-state index in [2.05, 4.69) is 41.5 Å². The number of aliphatic imine (C=N–C) groups is 1. The van der Waals surface area contributed by atoms with Gasteiger partial charge in [0.2, 0.25) is 0 Å². The molecule has 4 unspecified atom stereocenters. The van der Waals surface area contributed by atoms with Crippen molar-refractivity contribution in [2.75, 3.05) is 39.4 Å². The molecule has 1 aromatic rings. The number of guanidine groups is 1. The zero-order valence-electron chi connectivity index (χ0n) is 16.4. The molecule has 0 radical (unpaired) electrons. The van der Waals surface area contributed by atoms with Crippen LogP contribution < -0.4 is 10.6 Å². The molecular formula is C20H32N4O2S. The first kappa shape index (κ1) is 19.2. The van der Waals surface area contributed by atoms with Crippen molar-refractivity contribution in [3.8, 4) is 0 Å². The van der Waals surface area contributed by atoms with Crippen LogP contribution in [0.1, 0.15) is 42.0 Å². The van der Waals surface area contributed by atoms with Crippen molar-refractivity contribution in [3.63, 3.8) is 0 Å². The average molecular weight is 393 g/mol. The van der Waals surface area contributed by atoms with E-state index < -0.39 is 0 Å². The van der Waals surface area contributed by atoms with E-state index in [9.17, 15) is 0 Å².